The summed E-state index contributed by atoms with van der Waals surface area (Å²) < 4.78 is 43.7. The molecule has 0 spiro atoms. The number of carbonyl (C=O) groups excluding carboxylic acids is 1. The van der Waals surface area contributed by atoms with Gasteiger partial charge in [0.25, 0.3) is 5.91 Å². The van der Waals surface area contributed by atoms with Gasteiger partial charge in [0.05, 0.1) is 11.6 Å². The van der Waals surface area contributed by atoms with Gasteiger partial charge in [-0.2, -0.15) is 13.2 Å². The minimum Gasteiger partial charge on any atom is -0.475 e. The summed E-state index contributed by atoms with van der Waals surface area (Å²) in [5, 5.41) is 0. The topological polar surface area (TPSA) is 54.8 Å². The van der Waals surface area contributed by atoms with Crippen molar-refractivity contribution in [3.63, 3.8) is 0 Å². The van der Waals surface area contributed by atoms with Gasteiger partial charge in [-0.1, -0.05) is 30.4 Å². The predicted molar refractivity (Wildman–Crippen MR) is 124 cm³/mol. The van der Waals surface area contributed by atoms with Crippen LogP contribution in [0.25, 0.3) is 0 Å². The first kappa shape index (κ1) is 25.8. The average molecular weight is 460 g/mol. The van der Waals surface area contributed by atoms with Gasteiger partial charge in [-0.3, -0.25) is 9.79 Å². The van der Waals surface area contributed by atoms with E-state index in [1.54, 1.807) is 23.3 Å². The molecule has 0 bridgehead atoms. The molecule has 0 aliphatic heterocycles. The Kier molecular flexibility index (Phi) is 8.96. The van der Waals surface area contributed by atoms with E-state index in [4.69, 9.17) is 4.74 Å². The molecule has 0 aliphatic rings. The van der Waals surface area contributed by atoms with Crippen molar-refractivity contribution in [2.75, 3.05) is 13.2 Å². The van der Waals surface area contributed by atoms with Crippen LogP contribution in [-0.2, 0) is 6.18 Å². The molecule has 33 heavy (non-hydrogen) atoms. The van der Waals surface area contributed by atoms with Crippen LogP contribution >= 0.6 is 0 Å². The number of carbonyl (C=O) groups is 1. The molecule has 0 saturated carbocycles. The third-order valence-corrected chi connectivity index (χ3v) is 4.96. The van der Waals surface area contributed by atoms with Crippen LogP contribution in [0.1, 0.15) is 47.8 Å². The standard InChI is InChI=1S/C25H28F3N3O2/c1-6-8-13-29-19(5)21-11-9-17(3)14-22(21)24(32)31(7-2)18(4)16-33-23-12-10-20(15-30-23)25(26,27)28/h6,8-15,18H,1,7,16H2,2-5H3/b13-8-,29-19?/t18-/m0/s1. The Bertz CT molecular complexity index is 1030. The number of benzene rings is 1. The third-order valence-electron chi connectivity index (χ3n) is 4.96. The molecule has 0 unspecified atom stereocenters. The van der Waals surface area contributed by atoms with E-state index < -0.39 is 11.7 Å². The lowest BCUT2D eigenvalue weighted by molar-refractivity contribution is -0.137. The SMILES string of the molecule is C=C/C=C\N=C(C)c1ccc(C)cc1C(=O)N(CC)[C@@H](C)COc1ccc(C(F)(F)F)cn1. The van der Waals surface area contributed by atoms with Gasteiger partial charge in [0.2, 0.25) is 5.88 Å². The molecule has 1 aromatic heterocycles. The van der Waals surface area contributed by atoms with E-state index in [0.29, 0.717) is 17.8 Å². The van der Waals surface area contributed by atoms with E-state index >= 15 is 0 Å². The van der Waals surface area contributed by atoms with E-state index in [2.05, 4.69) is 16.6 Å². The number of aromatic nitrogens is 1. The minimum atomic E-state index is -4.46. The molecular formula is C25H28F3N3O2. The van der Waals surface area contributed by atoms with Crippen molar-refractivity contribution < 1.29 is 22.7 Å². The van der Waals surface area contributed by atoms with Crippen molar-refractivity contribution >= 4 is 11.6 Å². The summed E-state index contributed by atoms with van der Waals surface area (Å²) in [7, 11) is 0. The second kappa shape index (κ2) is 11.4. The van der Waals surface area contributed by atoms with Gasteiger partial charge >= 0.3 is 6.18 Å². The molecule has 5 nitrogen and oxygen atoms in total. The van der Waals surface area contributed by atoms with Crippen LogP contribution in [0.3, 0.4) is 0 Å². The number of amides is 1. The molecule has 8 heteroatoms. The Hall–Kier alpha value is -3.42. The number of nitrogens with zero attached hydrogens (tertiary/aromatic N) is 3. The molecule has 1 amide bonds. The Labute approximate surface area is 192 Å². The lowest BCUT2D eigenvalue weighted by atomic mass is 9.99. The zero-order valence-corrected chi connectivity index (χ0v) is 19.2. The van der Waals surface area contributed by atoms with Crippen molar-refractivity contribution in [1.29, 1.82) is 0 Å². The first-order valence-electron chi connectivity index (χ1n) is 10.5. The highest BCUT2D eigenvalue weighted by atomic mass is 19.4. The summed E-state index contributed by atoms with van der Waals surface area (Å²) in [5.74, 6) is -0.124. The average Bonchev–Trinajstić information content (AvgIpc) is 2.77. The first-order chi connectivity index (χ1) is 15.6. The van der Waals surface area contributed by atoms with Crippen LogP contribution in [0.4, 0.5) is 13.2 Å². The van der Waals surface area contributed by atoms with Crippen molar-refractivity contribution in [2.45, 2.75) is 39.9 Å². The molecule has 0 N–H and O–H groups in total. The van der Waals surface area contributed by atoms with Gasteiger partial charge in [0.15, 0.2) is 0 Å². The molecule has 0 aliphatic carbocycles. The van der Waals surface area contributed by atoms with E-state index in [9.17, 15) is 18.0 Å². The summed E-state index contributed by atoms with van der Waals surface area (Å²) in [5.41, 5.74) is 2.01. The second-order valence-corrected chi connectivity index (χ2v) is 7.47. The smallest absolute Gasteiger partial charge is 0.417 e. The van der Waals surface area contributed by atoms with Crippen molar-refractivity contribution in [3.05, 3.63) is 83.7 Å². The molecule has 0 saturated heterocycles. The molecule has 176 valence electrons. The van der Waals surface area contributed by atoms with Gasteiger partial charge < -0.3 is 9.64 Å². The zero-order valence-electron chi connectivity index (χ0n) is 19.2. The Balaban J connectivity index is 2.20. The predicted octanol–water partition coefficient (Wildman–Crippen LogP) is 5.85. The summed E-state index contributed by atoms with van der Waals surface area (Å²) in [6.45, 7) is 11.5. The summed E-state index contributed by atoms with van der Waals surface area (Å²) in [4.78, 5) is 23.2. The lowest BCUT2D eigenvalue weighted by Gasteiger charge is -2.29. The van der Waals surface area contributed by atoms with Crippen LogP contribution < -0.4 is 4.74 Å². The largest absolute Gasteiger partial charge is 0.475 e. The van der Waals surface area contributed by atoms with E-state index in [1.807, 2.05) is 45.9 Å². The Morgan fingerprint density at radius 1 is 1.27 bits per heavy atom. The molecule has 2 rings (SSSR count). The molecular weight excluding hydrogens is 431 g/mol. The maximum atomic E-state index is 13.4. The number of hydrogen-bond acceptors (Lipinski definition) is 4. The van der Waals surface area contributed by atoms with E-state index in [-0.39, 0.29) is 24.4 Å². The van der Waals surface area contributed by atoms with Crippen LogP contribution in [0.15, 0.2) is 66.5 Å². The van der Waals surface area contributed by atoms with E-state index in [1.165, 1.54) is 6.07 Å². The fourth-order valence-electron chi connectivity index (χ4n) is 3.18. The lowest BCUT2D eigenvalue weighted by Crippen LogP contribution is -2.42. The van der Waals surface area contributed by atoms with Crippen molar-refractivity contribution in [3.8, 4) is 5.88 Å². The fourth-order valence-corrected chi connectivity index (χ4v) is 3.18. The molecule has 1 aromatic carbocycles. The maximum Gasteiger partial charge on any atom is 0.417 e. The van der Waals surface area contributed by atoms with Crippen molar-refractivity contribution in [1.82, 2.24) is 9.88 Å². The number of allylic oxidation sites excluding steroid dienone is 2. The summed E-state index contributed by atoms with van der Waals surface area (Å²) in [6.07, 6.45) is 1.20. The number of halogens is 3. The minimum absolute atomic E-state index is 0.0616. The highest BCUT2D eigenvalue weighted by Crippen LogP contribution is 2.29. The zero-order chi connectivity index (χ0) is 24.6. The number of alkyl halides is 3. The Morgan fingerprint density at radius 2 is 2.00 bits per heavy atom. The van der Waals surface area contributed by atoms with Crippen LogP contribution in [-0.4, -0.2) is 40.7 Å². The van der Waals surface area contributed by atoms with Crippen molar-refractivity contribution in [2.24, 2.45) is 4.99 Å². The number of aliphatic imine (C=N–C) groups is 1. The summed E-state index contributed by atoms with van der Waals surface area (Å²) in [6, 6.07) is 7.34. The van der Waals surface area contributed by atoms with Gasteiger partial charge in [0, 0.05) is 41.8 Å². The number of aryl methyl sites for hydroxylation is 1. The van der Waals surface area contributed by atoms with Gasteiger partial charge in [-0.05, 0) is 45.9 Å². The molecule has 0 radical (unpaired) electrons. The molecule has 0 fully saturated rings. The Morgan fingerprint density at radius 3 is 2.58 bits per heavy atom. The van der Waals surface area contributed by atoms with Crippen LogP contribution in [0, 0.1) is 6.92 Å². The third kappa shape index (κ3) is 7.03. The number of likely N-dealkylation sites (N-methyl/N-ethyl adjacent to an activating group) is 1. The highest BCUT2D eigenvalue weighted by molar-refractivity contribution is 6.09. The number of pyridine rings is 1. The molecule has 1 atom stereocenters. The maximum absolute atomic E-state index is 13.4. The van der Waals surface area contributed by atoms with Gasteiger partial charge in [-0.15, -0.1) is 0 Å². The number of rotatable bonds is 9. The van der Waals surface area contributed by atoms with E-state index in [0.717, 1.165) is 23.4 Å². The normalized spacial score (nSPS) is 13.1. The first-order valence-corrected chi connectivity index (χ1v) is 10.5. The monoisotopic (exact) mass is 459 g/mol. The number of hydrogen-bond donors (Lipinski definition) is 0. The quantitative estimate of drug-likeness (QED) is 0.349. The van der Waals surface area contributed by atoms with Crippen LogP contribution in [0.5, 0.6) is 5.88 Å². The van der Waals surface area contributed by atoms with Gasteiger partial charge in [0.1, 0.15) is 6.61 Å². The molecule has 2 aromatic rings. The van der Waals surface area contributed by atoms with Gasteiger partial charge in [-0.25, -0.2) is 4.98 Å². The molecule has 1 heterocycles. The highest BCUT2D eigenvalue weighted by Gasteiger charge is 2.31. The van der Waals surface area contributed by atoms with Crippen LogP contribution in [0.2, 0.25) is 0 Å². The second-order valence-electron chi connectivity index (χ2n) is 7.47. The fraction of sp³-hybridized carbons (Fsp3) is 0.320. The summed E-state index contributed by atoms with van der Waals surface area (Å²) >= 11 is 0. The number of ether oxygens (including phenoxy) is 1.